The average Bonchev–Trinajstić information content (AvgIpc) is 3.01. The van der Waals surface area contributed by atoms with Crippen molar-refractivity contribution in [2.24, 2.45) is 5.16 Å². The first-order valence-corrected chi connectivity index (χ1v) is 12.0. The third kappa shape index (κ3) is 5.19. The van der Waals surface area contributed by atoms with Gasteiger partial charge in [0.25, 0.3) is 5.91 Å². The smallest absolute Gasteiger partial charge is 0.256 e. The molecule has 0 unspecified atom stereocenters. The van der Waals surface area contributed by atoms with E-state index in [0.29, 0.717) is 38.9 Å². The number of halogens is 1. The maximum absolute atomic E-state index is 13.7. The zero-order valence-electron chi connectivity index (χ0n) is 19.6. The molecule has 0 bridgehead atoms. The SMILES string of the molecule is O=C1Nc2cc(Cl)ccc2C(=O)N(Cc2ccc(C(=NO)c3ccccn3)cc2)[C@@H]1Cc1ccccn1. The lowest BCUT2D eigenvalue weighted by Gasteiger charge is -2.29. The van der Waals surface area contributed by atoms with Crippen molar-refractivity contribution in [3.05, 3.63) is 124 Å². The second-order valence-electron chi connectivity index (χ2n) is 8.51. The van der Waals surface area contributed by atoms with Gasteiger partial charge >= 0.3 is 0 Å². The van der Waals surface area contributed by atoms with Gasteiger partial charge in [-0.2, -0.15) is 0 Å². The molecule has 0 aliphatic carbocycles. The van der Waals surface area contributed by atoms with Gasteiger partial charge in [0.15, 0.2) is 0 Å². The number of benzene rings is 2. The van der Waals surface area contributed by atoms with Gasteiger partial charge in [-0.05, 0) is 48.0 Å². The van der Waals surface area contributed by atoms with Crippen molar-refractivity contribution >= 4 is 34.8 Å². The Bertz CT molecular complexity index is 1460. The summed E-state index contributed by atoms with van der Waals surface area (Å²) in [6.45, 7) is 0.182. The van der Waals surface area contributed by atoms with Gasteiger partial charge in [-0.25, -0.2) is 0 Å². The highest BCUT2D eigenvalue weighted by molar-refractivity contribution is 6.31. The summed E-state index contributed by atoms with van der Waals surface area (Å²) < 4.78 is 0. The van der Waals surface area contributed by atoms with Crippen LogP contribution in [-0.4, -0.2) is 43.6 Å². The van der Waals surface area contributed by atoms with E-state index in [0.717, 1.165) is 5.56 Å². The van der Waals surface area contributed by atoms with Gasteiger partial charge in [-0.15, -0.1) is 0 Å². The fourth-order valence-corrected chi connectivity index (χ4v) is 4.46. The standard InChI is InChI=1S/C28H22ClN5O3/c29-20-11-12-22-24(15-20)32-27(35)25(16-21-5-1-3-13-30-21)34(28(22)36)17-18-7-9-19(10-8-18)26(33-37)23-6-2-4-14-31-23/h1-15,25,37H,16-17H2,(H,32,35)/t25-/m1/s1. The first kappa shape index (κ1) is 24.1. The van der Waals surface area contributed by atoms with Crippen LogP contribution in [0.5, 0.6) is 0 Å². The van der Waals surface area contributed by atoms with Crippen LogP contribution in [0.4, 0.5) is 5.69 Å². The number of aromatic nitrogens is 2. The average molecular weight is 512 g/mol. The summed E-state index contributed by atoms with van der Waals surface area (Å²) >= 11 is 6.14. The van der Waals surface area contributed by atoms with Crippen LogP contribution in [0.1, 0.15) is 32.9 Å². The third-order valence-electron chi connectivity index (χ3n) is 6.13. The molecule has 0 radical (unpaired) electrons. The highest BCUT2D eigenvalue weighted by atomic mass is 35.5. The minimum Gasteiger partial charge on any atom is -0.410 e. The lowest BCUT2D eigenvalue weighted by molar-refractivity contribution is -0.120. The molecule has 8 nitrogen and oxygen atoms in total. The van der Waals surface area contributed by atoms with Crippen molar-refractivity contribution in [1.29, 1.82) is 0 Å². The van der Waals surface area contributed by atoms with Crippen LogP contribution in [0.2, 0.25) is 5.02 Å². The van der Waals surface area contributed by atoms with Crippen LogP contribution >= 0.6 is 11.6 Å². The summed E-state index contributed by atoms with van der Waals surface area (Å²) in [5.41, 5.74) is 3.76. The molecule has 4 aromatic rings. The summed E-state index contributed by atoms with van der Waals surface area (Å²) in [5, 5.41) is 16.3. The molecule has 5 rings (SSSR count). The number of rotatable bonds is 6. The number of pyridine rings is 2. The molecule has 0 spiro atoms. The molecule has 3 heterocycles. The maximum Gasteiger partial charge on any atom is 0.256 e. The number of nitrogens with zero attached hydrogens (tertiary/aromatic N) is 4. The zero-order valence-corrected chi connectivity index (χ0v) is 20.3. The molecule has 2 N–H and O–H groups in total. The number of oxime groups is 1. The monoisotopic (exact) mass is 511 g/mol. The van der Waals surface area contributed by atoms with E-state index >= 15 is 0 Å². The van der Waals surface area contributed by atoms with Crippen molar-refractivity contribution in [3.63, 3.8) is 0 Å². The van der Waals surface area contributed by atoms with Crippen LogP contribution in [0.3, 0.4) is 0 Å². The van der Waals surface area contributed by atoms with Crippen LogP contribution in [0, 0.1) is 0 Å². The molecule has 1 aliphatic rings. The number of hydrogen-bond donors (Lipinski definition) is 2. The van der Waals surface area contributed by atoms with Gasteiger partial charge in [0, 0.05) is 41.6 Å². The van der Waals surface area contributed by atoms with Gasteiger partial charge in [0.1, 0.15) is 11.8 Å². The predicted octanol–water partition coefficient (Wildman–Crippen LogP) is 4.56. The number of hydrogen-bond acceptors (Lipinski definition) is 6. The van der Waals surface area contributed by atoms with Gasteiger partial charge in [0.05, 0.1) is 16.9 Å². The number of nitrogens with one attached hydrogen (secondary N) is 1. The van der Waals surface area contributed by atoms with Gasteiger partial charge in [-0.3, -0.25) is 19.6 Å². The van der Waals surface area contributed by atoms with E-state index in [1.165, 1.54) is 0 Å². The molecule has 37 heavy (non-hydrogen) atoms. The molecule has 0 saturated heterocycles. The summed E-state index contributed by atoms with van der Waals surface area (Å²) in [6, 6.07) is 22.1. The molecule has 184 valence electrons. The Labute approximate surface area is 218 Å². The van der Waals surface area contributed by atoms with E-state index in [1.807, 2.05) is 30.3 Å². The quantitative estimate of drug-likeness (QED) is 0.224. The largest absolute Gasteiger partial charge is 0.410 e. The first-order valence-electron chi connectivity index (χ1n) is 11.6. The Kier molecular flexibility index (Phi) is 6.91. The van der Waals surface area contributed by atoms with Crippen molar-refractivity contribution in [2.45, 2.75) is 19.0 Å². The van der Waals surface area contributed by atoms with Crippen molar-refractivity contribution in [2.75, 3.05) is 5.32 Å². The van der Waals surface area contributed by atoms with E-state index in [2.05, 4.69) is 20.4 Å². The van der Waals surface area contributed by atoms with Crippen LogP contribution in [-0.2, 0) is 17.8 Å². The molecular formula is C28H22ClN5O3. The van der Waals surface area contributed by atoms with Crippen molar-refractivity contribution in [3.8, 4) is 0 Å². The summed E-state index contributed by atoms with van der Waals surface area (Å²) in [4.78, 5) is 37.2. The van der Waals surface area contributed by atoms with E-state index in [1.54, 1.807) is 65.8 Å². The highest BCUT2D eigenvalue weighted by Gasteiger charge is 2.36. The van der Waals surface area contributed by atoms with Gasteiger partial charge < -0.3 is 15.4 Å². The van der Waals surface area contributed by atoms with Gasteiger partial charge in [-0.1, -0.05) is 53.2 Å². The third-order valence-corrected chi connectivity index (χ3v) is 6.36. The molecule has 0 fully saturated rings. The van der Waals surface area contributed by atoms with E-state index in [-0.39, 0.29) is 24.8 Å². The second kappa shape index (κ2) is 10.6. The molecule has 0 saturated carbocycles. The predicted molar refractivity (Wildman–Crippen MR) is 140 cm³/mol. The molecule has 2 aromatic heterocycles. The minimum atomic E-state index is -0.795. The van der Waals surface area contributed by atoms with Crippen LogP contribution < -0.4 is 5.32 Å². The topological polar surface area (TPSA) is 108 Å². The molecule has 2 aromatic carbocycles. The fraction of sp³-hybridized carbons (Fsp3) is 0.107. The maximum atomic E-state index is 13.7. The Hall–Kier alpha value is -4.56. The van der Waals surface area contributed by atoms with E-state index < -0.39 is 6.04 Å². The Balaban J connectivity index is 1.47. The lowest BCUT2D eigenvalue weighted by atomic mass is 10.0. The molecular weight excluding hydrogens is 490 g/mol. The minimum absolute atomic E-state index is 0.182. The van der Waals surface area contributed by atoms with Crippen LogP contribution in [0.15, 0.2) is 96.4 Å². The molecule has 9 heteroatoms. The lowest BCUT2D eigenvalue weighted by Crippen LogP contribution is -2.46. The van der Waals surface area contributed by atoms with Crippen molar-refractivity contribution < 1.29 is 14.8 Å². The highest BCUT2D eigenvalue weighted by Crippen LogP contribution is 2.28. The normalized spacial score (nSPS) is 15.6. The van der Waals surface area contributed by atoms with Crippen molar-refractivity contribution in [1.82, 2.24) is 14.9 Å². The molecule has 1 aliphatic heterocycles. The Morgan fingerprint density at radius 1 is 0.973 bits per heavy atom. The number of carbonyl (C=O) groups excluding carboxylic acids is 2. The van der Waals surface area contributed by atoms with E-state index in [4.69, 9.17) is 11.6 Å². The number of fused-ring (bicyclic) bond motifs is 1. The zero-order chi connectivity index (χ0) is 25.8. The number of carbonyl (C=O) groups is 2. The van der Waals surface area contributed by atoms with Gasteiger partial charge in [0.2, 0.25) is 5.91 Å². The number of amides is 2. The van der Waals surface area contributed by atoms with Crippen LogP contribution in [0.25, 0.3) is 0 Å². The van der Waals surface area contributed by atoms with E-state index in [9.17, 15) is 14.8 Å². The summed E-state index contributed by atoms with van der Waals surface area (Å²) in [6.07, 6.45) is 3.53. The Morgan fingerprint density at radius 3 is 2.41 bits per heavy atom. The Morgan fingerprint density at radius 2 is 1.73 bits per heavy atom. The first-order chi connectivity index (χ1) is 18.0. The molecule has 1 atom stereocenters. The number of anilines is 1. The second-order valence-corrected chi connectivity index (χ2v) is 8.95. The summed E-state index contributed by atoms with van der Waals surface area (Å²) in [7, 11) is 0. The fourth-order valence-electron chi connectivity index (χ4n) is 4.29. The summed E-state index contributed by atoms with van der Waals surface area (Å²) in [5.74, 6) is -0.609. The molecule has 2 amide bonds.